The number of fused-ring (bicyclic) bond motifs is 5. The van der Waals surface area contributed by atoms with Crippen LogP contribution in [0.4, 0.5) is 37.7 Å². The normalized spacial score (nSPS) is 33.3. The van der Waals surface area contributed by atoms with Crippen LogP contribution in [0.15, 0.2) is 53.5 Å². The number of benzene rings is 2. The molecule has 2 aromatic rings. The van der Waals surface area contributed by atoms with Crippen molar-refractivity contribution >= 4 is 35.1 Å². The molecule has 15 heteroatoms. The van der Waals surface area contributed by atoms with Crippen LogP contribution in [0, 0.1) is 58.2 Å². The molecule has 4 saturated carbocycles. The summed E-state index contributed by atoms with van der Waals surface area (Å²) in [7, 11) is 1.35. The van der Waals surface area contributed by atoms with Crippen molar-refractivity contribution < 1.29 is 45.5 Å². The molecule has 0 radical (unpaired) electrons. The highest BCUT2D eigenvalue weighted by Gasteiger charge is 2.68. The van der Waals surface area contributed by atoms with Crippen LogP contribution >= 0.6 is 0 Å². The Morgan fingerprint density at radius 2 is 1.46 bits per heavy atom. The fourth-order valence-electron chi connectivity index (χ4n) is 12.3. The number of rotatable bonds is 9. The number of ether oxygens (including phenoxy) is 1. The number of guanidine groups is 1. The van der Waals surface area contributed by atoms with E-state index >= 15 is 0 Å². The minimum Gasteiger partial charge on any atom is -0.469 e. The van der Waals surface area contributed by atoms with Gasteiger partial charge in [-0.05, 0) is 146 Å². The SMILES string of the molecule is COC(=O)CC[C@@H](C)[C@H]1CC[C@H]2[C@@H]3[C@H](C(=O)Nc4ccc(C(F)(F)F)cc4)C[C@@H]4C[C@H](NC5=NCCN5)CC[C@]4(C)[C@H]3C[C@H](C(=O)Nc3ccc(C(F)(F)F)cc3)[C@]12C. The summed E-state index contributed by atoms with van der Waals surface area (Å²) in [5.74, 6) is -1.47. The minimum absolute atomic E-state index is 0.00185. The van der Waals surface area contributed by atoms with Gasteiger partial charge in [0.05, 0.1) is 24.8 Å². The number of halogens is 6. The summed E-state index contributed by atoms with van der Waals surface area (Å²) in [5.41, 5.74) is -2.02. The third kappa shape index (κ3) is 8.40. The van der Waals surface area contributed by atoms with Crippen molar-refractivity contribution in [1.29, 1.82) is 0 Å². The number of aliphatic imine (C=N–C) groups is 1. The number of anilines is 2. The quantitative estimate of drug-likeness (QED) is 0.148. The highest BCUT2D eigenvalue weighted by molar-refractivity contribution is 5.94. The maximum absolute atomic E-state index is 14.8. The predicted octanol–water partition coefficient (Wildman–Crippen LogP) is 8.92. The Bertz CT molecular complexity index is 1900. The molecule has 4 fully saturated rings. The molecule has 59 heavy (non-hydrogen) atoms. The fraction of sp³-hybridized carbons (Fsp3) is 0.636. The van der Waals surface area contributed by atoms with Crippen LogP contribution in [0.2, 0.25) is 0 Å². The second kappa shape index (κ2) is 16.3. The first-order valence-corrected chi connectivity index (χ1v) is 20.9. The third-order valence-electron chi connectivity index (χ3n) is 15.3. The van der Waals surface area contributed by atoms with Crippen molar-refractivity contribution in [3.63, 3.8) is 0 Å². The van der Waals surface area contributed by atoms with E-state index < -0.39 is 40.7 Å². The van der Waals surface area contributed by atoms with Crippen LogP contribution in [0.3, 0.4) is 0 Å². The van der Waals surface area contributed by atoms with Gasteiger partial charge < -0.3 is 26.0 Å². The molecule has 0 saturated heterocycles. The molecule has 1 aliphatic heterocycles. The maximum Gasteiger partial charge on any atom is 0.416 e. The summed E-state index contributed by atoms with van der Waals surface area (Å²) in [6, 6.07) is 9.04. The Morgan fingerprint density at radius 3 is 2.02 bits per heavy atom. The number of hydrogen-bond donors (Lipinski definition) is 4. The molecule has 4 aliphatic carbocycles. The molecular weight excluding hydrogens is 777 g/mol. The average molecular weight is 832 g/mol. The first-order valence-electron chi connectivity index (χ1n) is 20.9. The van der Waals surface area contributed by atoms with Gasteiger partial charge in [-0.15, -0.1) is 0 Å². The van der Waals surface area contributed by atoms with Gasteiger partial charge in [-0.25, -0.2) is 0 Å². The predicted molar refractivity (Wildman–Crippen MR) is 211 cm³/mol. The van der Waals surface area contributed by atoms with Gasteiger partial charge >= 0.3 is 18.3 Å². The number of nitrogens with one attached hydrogen (secondary N) is 4. The number of carbonyl (C=O) groups is 3. The van der Waals surface area contributed by atoms with Gasteiger partial charge in [-0.2, -0.15) is 26.3 Å². The molecule has 11 atom stereocenters. The van der Waals surface area contributed by atoms with Crippen LogP contribution in [0.5, 0.6) is 0 Å². The molecule has 0 bridgehead atoms. The fourth-order valence-corrected chi connectivity index (χ4v) is 12.3. The number of carbonyl (C=O) groups excluding carboxylic acids is 3. The molecule has 4 N–H and O–H groups in total. The standard InChI is InChI=1S/C44H55F6N5O4/c1-24(5-16-36(56)59-4)32-14-15-33-37-31(38(57)53-28-10-6-25(7-11-28)43(45,46)47)22-27-21-30(55-40-51-19-20-52-40)17-18-41(27,2)34(37)23-35(42(32,33)3)39(58)54-29-12-8-26(9-13-29)44(48,49)50/h6-13,24,27,30-35,37H,5,14-23H2,1-4H3,(H,53,57)(H,54,58)(H2,51,52,55)/t24-,27+,30-,31-,32-,33+,34+,35-,37+,41+,42-/m1/s1. The molecule has 0 aromatic heterocycles. The van der Waals surface area contributed by atoms with E-state index in [1.807, 2.05) is 0 Å². The van der Waals surface area contributed by atoms with Crippen LogP contribution in [-0.4, -0.2) is 50.0 Å². The first kappa shape index (κ1) is 42.8. The van der Waals surface area contributed by atoms with Gasteiger partial charge in [0.15, 0.2) is 5.96 Å². The molecule has 7 rings (SSSR count). The van der Waals surface area contributed by atoms with Crippen LogP contribution < -0.4 is 21.3 Å². The lowest BCUT2D eigenvalue weighted by Crippen LogP contribution is -2.63. The zero-order valence-electron chi connectivity index (χ0n) is 33.9. The second-order valence-corrected chi connectivity index (χ2v) is 18.2. The summed E-state index contributed by atoms with van der Waals surface area (Å²) in [6.07, 6.45) is -3.34. The Labute approximate surface area is 341 Å². The topological polar surface area (TPSA) is 121 Å². The number of esters is 1. The van der Waals surface area contributed by atoms with Gasteiger partial charge in [0.1, 0.15) is 0 Å². The molecule has 322 valence electrons. The lowest BCUT2D eigenvalue weighted by Gasteiger charge is -2.64. The Balaban J connectivity index is 1.26. The van der Waals surface area contributed by atoms with Crippen molar-refractivity contribution in [2.45, 2.75) is 97.0 Å². The summed E-state index contributed by atoms with van der Waals surface area (Å²) in [6.45, 7) is 7.95. The highest BCUT2D eigenvalue weighted by Crippen LogP contribution is 2.71. The number of alkyl halides is 6. The summed E-state index contributed by atoms with van der Waals surface area (Å²) >= 11 is 0. The van der Waals surface area contributed by atoms with E-state index in [4.69, 9.17) is 4.74 Å². The molecule has 0 unspecified atom stereocenters. The van der Waals surface area contributed by atoms with E-state index in [0.29, 0.717) is 25.8 Å². The smallest absolute Gasteiger partial charge is 0.416 e. The second-order valence-electron chi connectivity index (χ2n) is 18.2. The molecule has 0 spiro atoms. The van der Waals surface area contributed by atoms with Crippen LogP contribution in [0.1, 0.15) is 89.7 Å². The number of amides is 2. The lowest BCUT2D eigenvalue weighted by molar-refractivity contribution is -0.176. The molecule has 5 aliphatic rings. The zero-order valence-corrected chi connectivity index (χ0v) is 33.9. The van der Waals surface area contributed by atoms with Gasteiger partial charge in [-0.3, -0.25) is 19.4 Å². The van der Waals surface area contributed by atoms with Crippen LogP contribution in [-0.2, 0) is 31.5 Å². The summed E-state index contributed by atoms with van der Waals surface area (Å²) < 4.78 is 85.6. The number of hydrogen-bond acceptors (Lipinski definition) is 7. The van der Waals surface area contributed by atoms with E-state index in [-0.39, 0.29) is 82.5 Å². The lowest BCUT2D eigenvalue weighted by atomic mass is 9.40. The first-order chi connectivity index (χ1) is 27.8. The number of methoxy groups -OCH3 is 1. The molecule has 2 aromatic carbocycles. The Morgan fingerprint density at radius 1 is 0.847 bits per heavy atom. The minimum atomic E-state index is -4.53. The zero-order chi connectivity index (χ0) is 42.5. The van der Waals surface area contributed by atoms with Gasteiger partial charge in [0, 0.05) is 42.2 Å². The number of nitrogens with zero attached hydrogens (tertiary/aromatic N) is 1. The molecule has 2 amide bonds. The van der Waals surface area contributed by atoms with Gasteiger partial charge in [0.25, 0.3) is 0 Å². The van der Waals surface area contributed by atoms with E-state index in [2.05, 4.69) is 47.0 Å². The van der Waals surface area contributed by atoms with Crippen molar-refractivity contribution in [2.75, 3.05) is 30.8 Å². The van der Waals surface area contributed by atoms with Gasteiger partial charge in [0.2, 0.25) is 11.8 Å². The molecule has 1 heterocycles. The van der Waals surface area contributed by atoms with Gasteiger partial charge in [-0.1, -0.05) is 20.8 Å². The largest absolute Gasteiger partial charge is 0.469 e. The maximum atomic E-state index is 14.8. The van der Waals surface area contributed by atoms with Crippen molar-refractivity contribution in [3.05, 3.63) is 59.7 Å². The monoisotopic (exact) mass is 831 g/mol. The van der Waals surface area contributed by atoms with Crippen molar-refractivity contribution in [2.24, 2.45) is 63.2 Å². The van der Waals surface area contributed by atoms with Crippen molar-refractivity contribution in [3.8, 4) is 0 Å². The van der Waals surface area contributed by atoms with Crippen molar-refractivity contribution in [1.82, 2.24) is 10.6 Å². The highest BCUT2D eigenvalue weighted by atomic mass is 19.4. The Kier molecular flexibility index (Phi) is 11.8. The van der Waals surface area contributed by atoms with E-state index in [1.165, 1.54) is 31.4 Å². The van der Waals surface area contributed by atoms with E-state index in [1.54, 1.807) is 0 Å². The third-order valence-corrected chi connectivity index (χ3v) is 15.3. The van der Waals surface area contributed by atoms with E-state index in [0.717, 1.165) is 68.9 Å². The summed E-state index contributed by atoms with van der Waals surface area (Å²) in [4.78, 5) is 46.4. The summed E-state index contributed by atoms with van der Waals surface area (Å²) in [5, 5.41) is 12.8. The molecular formula is C44H55F6N5O4. The average Bonchev–Trinajstić information content (AvgIpc) is 3.83. The van der Waals surface area contributed by atoms with E-state index in [9.17, 15) is 40.7 Å². The Hall–Kier alpha value is -4.30. The molecule has 9 nitrogen and oxygen atoms in total. The van der Waals surface area contributed by atoms with Crippen LogP contribution in [0.25, 0.3) is 0 Å².